The lowest BCUT2D eigenvalue weighted by atomic mass is 10.4. The highest BCUT2D eigenvalue weighted by atomic mass is 32.2. The fraction of sp³-hybridized carbons (Fsp3) is 0.500. The molecule has 0 spiro atoms. The summed E-state index contributed by atoms with van der Waals surface area (Å²) in [6.07, 6.45) is 2.81. The summed E-state index contributed by atoms with van der Waals surface area (Å²) in [6, 6.07) is 0. The number of sulfonamides is 1. The first-order valence-corrected chi connectivity index (χ1v) is 6.24. The van der Waals surface area contributed by atoms with Gasteiger partial charge < -0.3 is 5.73 Å². The number of amidine groups is 1. The number of nitrogens with zero attached hydrogens (tertiary/aromatic N) is 2. The van der Waals surface area contributed by atoms with Gasteiger partial charge in [0.2, 0.25) is 10.0 Å². The summed E-state index contributed by atoms with van der Waals surface area (Å²) in [6.45, 7) is 2.28. The summed E-state index contributed by atoms with van der Waals surface area (Å²) in [5, 5.41) is 13.1. The Balaban J connectivity index is 2.84. The molecule has 0 fully saturated rings. The Kier molecular flexibility index (Phi) is 4.02. The molecule has 0 atom stereocenters. The van der Waals surface area contributed by atoms with E-state index in [0.717, 1.165) is 0 Å². The average Bonchev–Trinajstić information content (AvgIpc) is 2.70. The van der Waals surface area contributed by atoms with Crippen molar-refractivity contribution in [1.29, 1.82) is 5.41 Å². The molecule has 0 aliphatic carbocycles. The maximum atomic E-state index is 12.0. The molecule has 7 nitrogen and oxygen atoms in total. The molecule has 4 N–H and O–H groups in total. The Labute approximate surface area is 94.2 Å². The first-order chi connectivity index (χ1) is 7.48. The topological polar surface area (TPSA) is 116 Å². The monoisotopic (exact) mass is 245 g/mol. The van der Waals surface area contributed by atoms with E-state index in [4.69, 9.17) is 11.1 Å². The molecule has 1 rings (SSSR count). The van der Waals surface area contributed by atoms with Gasteiger partial charge in [-0.3, -0.25) is 10.5 Å². The Hall–Kier alpha value is -1.41. The van der Waals surface area contributed by atoms with Gasteiger partial charge in [0.05, 0.1) is 12.0 Å². The van der Waals surface area contributed by atoms with Gasteiger partial charge >= 0.3 is 0 Å². The lowest BCUT2D eigenvalue weighted by Gasteiger charge is -2.18. The van der Waals surface area contributed by atoms with E-state index in [1.165, 1.54) is 16.7 Å². The van der Waals surface area contributed by atoms with Crippen LogP contribution in [0, 0.1) is 5.41 Å². The second-order valence-corrected chi connectivity index (χ2v) is 5.14. The number of aromatic amines is 1. The highest BCUT2D eigenvalue weighted by Crippen LogP contribution is 2.13. The van der Waals surface area contributed by atoms with Crippen molar-refractivity contribution < 1.29 is 8.42 Å². The third-order valence-corrected chi connectivity index (χ3v) is 4.03. The quantitative estimate of drug-likeness (QED) is 0.473. The number of rotatable bonds is 6. The maximum absolute atomic E-state index is 12.0. The average molecular weight is 245 g/mol. The van der Waals surface area contributed by atoms with Gasteiger partial charge in [-0.2, -0.15) is 9.40 Å². The normalized spacial score (nSPS) is 11.9. The van der Waals surface area contributed by atoms with Gasteiger partial charge in [0.1, 0.15) is 4.90 Å². The molecule has 0 bridgehead atoms. The number of hydrogen-bond acceptors (Lipinski definition) is 4. The third kappa shape index (κ3) is 2.80. The van der Waals surface area contributed by atoms with Gasteiger partial charge in [0.15, 0.2) is 0 Å². The van der Waals surface area contributed by atoms with Crippen LogP contribution in [0.3, 0.4) is 0 Å². The summed E-state index contributed by atoms with van der Waals surface area (Å²) in [5.74, 6) is -0.0270. The van der Waals surface area contributed by atoms with E-state index in [-0.39, 0.29) is 23.7 Å². The summed E-state index contributed by atoms with van der Waals surface area (Å²) in [4.78, 5) is 0.123. The van der Waals surface area contributed by atoms with E-state index >= 15 is 0 Å². The molecule has 8 heteroatoms. The number of aromatic nitrogens is 2. The van der Waals surface area contributed by atoms with E-state index in [1.54, 1.807) is 6.92 Å². The SMILES string of the molecule is CCN(CCC(=N)N)S(=O)(=O)c1cn[nH]c1. The van der Waals surface area contributed by atoms with Crippen molar-refractivity contribution in [2.24, 2.45) is 5.73 Å². The molecular weight excluding hydrogens is 230 g/mol. The van der Waals surface area contributed by atoms with Gasteiger partial charge in [-0.1, -0.05) is 6.92 Å². The maximum Gasteiger partial charge on any atom is 0.246 e. The van der Waals surface area contributed by atoms with Crippen LogP contribution in [0.2, 0.25) is 0 Å². The predicted molar refractivity (Wildman–Crippen MR) is 59.6 cm³/mol. The van der Waals surface area contributed by atoms with E-state index in [2.05, 4.69) is 10.2 Å². The first-order valence-electron chi connectivity index (χ1n) is 4.80. The van der Waals surface area contributed by atoms with Crippen LogP contribution in [0.1, 0.15) is 13.3 Å². The van der Waals surface area contributed by atoms with Crippen LogP contribution in [0.25, 0.3) is 0 Å². The molecule has 1 aromatic rings. The van der Waals surface area contributed by atoms with Gasteiger partial charge in [-0.25, -0.2) is 8.42 Å². The second-order valence-electron chi connectivity index (χ2n) is 3.21. The highest BCUT2D eigenvalue weighted by Gasteiger charge is 2.23. The number of H-pyrrole nitrogens is 1. The van der Waals surface area contributed by atoms with Crippen molar-refractivity contribution >= 4 is 15.9 Å². The van der Waals surface area contributed by atoms with Crippen LogP contribution in [0.5, 0.6) is 0 Å². The van der Waals surface area contributed by atoms with Crippen molar-refractivity contribution in [3.05, 3.63) is 12.4 Å². The lowest BCUT2D eigenvalue weighted by molar-refractivity contribution is 0.436. The smallest absolute Gasteiger partial charge is 0.246 e. The summed E-state index contributed by atoms with van der Waals surface area (Å²) in [5.41, 5.74) is 5.20. The molecule has 0 unspecified atom stereocenters. The molecule has 0 radical (unpaired) electrons. The Morgan fingerprint density at radius 1 is 1.69 bits per heavy atom. The predicted octanol–water partition coefficient (Wildman–Crippen LogP) is -0.254. The second kappa shape index (κ2) is 5.08. The summed E-state index contributed by atoms with van der Waals surface area (Å²) < 4.78 is 25.2. The molecule has 0 aliphatic heterocycles. The summed E-state index contributed by atoms with van der Waals surface area (Å²) >= 11 is 0. The fourth-order valence-corrected chi connectivity index (χ4v) is 2.58. The van der Waals surface area contributed by atoms with Gasteiger partial charge in [-0.15, -0.1) is 0 Å². The minimum atomic E-state index is -3.52. The molecule has 90 valence electrons. The number of hydrogen-bond donors (Lipinski definition) is 3. The van der Waals surface area contributed by atoms with Crippen LogP contribution >= 0.6 is 0 Å². The zero-order valence-corrected chi connectivity index (χ0v) is 9.79. The number of nitrogens with one attached hydrogen (secondary N) is 2. The minimum Gasteiger partial charge on any atom is -0.388 e. The molecule has 1 heterocycles. The Bertz CT molecular complexity index is 439. The zero-order chi connectivity index (χ0) is 12.2. The van der Waals surface area contributed by atoms with E-state index in [1.807, 2.05) is 0 Å². The number of nitrogens with two attached hydrogens (primary N) is 1. The molecular formula is C8H15N5O2S. The van der Waals surface area contributed by atoms with E-state index in [0.29, 0.717) is 6.54 Å². The highest BCUT2D eigenvalue weighted by molar-refractivity contribution is 7.89. The van der Waals surface area contributed by atoms with Crippen molar-refractivity contribution in [3.63, 3.8) is 0 Å². The van der Waals surface area contributed by atoms with Crippen LogP contribution in [-0.4, -0.2) is 41.8 Å². The molecule has 0 amide bonds. The Morgan fingerprint density at radius 2 is 2.38 bits per heavy atom. The van der Waals surface area contributed by atoms with Crippen molar-refractivity contribution in [2.45, 2.75) is 18.2 Å². The molecule has 0 aromatic carbocycles. The molecule has 0 saturated carbocycles. The minimum absolute atomic E-state index is 0.0270. The fourth-order valence-electron chi connectivity index (χ4n) is 1.22. The Morgan fingerprint density at radius 3 is 2.81 bits per heavy atom. The van der Waals surface area contributed by atoms with Gasteiger partial charge in [-0.05, 0) is 0 Å². The van der Waals surface area contributed by atoms with Gasteiger partial charge in [0.25, 0.3) is 0 Å². The van der Waals surface area contributed by atoms with Crippen LogP contribution < -0.4 is 5.73 Å². The van der Waals surface area contributed by atoms with Crippen molar-refractivity contribution in [3.8, 4) is 0 Å². The van der Waals surface area contributed by atoms with Crippen molar-refractivity contribution in [2.75, 3.05) is 13.1 Å². The standard InChI is InChI=1S/C8H15N5O2S/c1-2-13(4-3-8(9)10)16(14,15)7-5-11-12-6-7/h5-6H,2-4H2,1H3,(H3,9,10)(H,11,12). The largest absolute Gasteiger partial charge is 0.388 e. The molecule has 16 heavy (non-hydrogen) atoms. The van der Waals surface area contributed by atoms with Crippen molar-refractivity contribution in [1.82, 2.24) is 14.5 Å². The van der Waals surface area contributed by atoms with Crippen LogP contribution in [-0.2, 0) is 10.0 Å². The van der Waals surface area contributed by atoms with Crippen LogP contribution in [0.4, 0.5) is 0 Å². The summed E-state index contributed by atoms with van der Waals surface area (Å²) in [7, 11) is -3.52. The third-order valence-electron chi connectivity index (χ3n) is 2.09. The zero-order valence-electron chi connectivity index (χ0n) is 8.97. The molecule has 1 aromatic heterocycles. The van der Waals surface area contributed by atoms with Gasteiger partial charge in [0, 0.05) is 25.7 Å². The molecule has 0 aliphatic rings. The molecule has 0 saturated heterocycles. The van der Waals surface area contributed by atoms with E-state index in [9.17, 15) is 8.42 Å². The van der Waals surface area contributed by atoms with E-state index < -0.39 is 10.0 Å². The van der Waals surface area contributed by atoms with Crippen LogP contribution in [0.15, 0.2) is 17.3 Å². The lowest BCUT2D eigenvalue weighted by Crippen LogP contribution is -2.33. The first kappa shape index (κ1) is 12.7.